The highest BCUT2D eigenvalue weighted by Gasteiger charge is 1.99. The third-order valence-electron chi connectivity index (χ3n) is 1.51. The van der Waals surface area contributed by atoms with Crippen LogP contribution in [-0.4, -0.2) is 16.6 Å². The summed E-state index contributed by atoms with van der Waals surface area (Å²) in [6.07, 6.45) is 0. The monoisotopic (exact) mass is 197 g/mol. The van der Waals surface area contributed by atoms with E-state index in [0.717, 1.165) is 0 Å². The highest BCUT2D eigenvalue weighted by molar-refractivity contribution is 5.16. The van der Waals surface area contributed by atoms with E-state index in [2.05, 4.69) is 23.8 Å². The third-order valence-corrected chi connectivity index (χ3v) is 1.51. The Morgan fingerprint density at radius 1 is 1.64 bits per heavy atom. The first kappa shape index (κ1) is 10.7. The largest absolute Gasteiger partial charge is 0.375 e. The van der Waals surface area contributed by atoms with Crippen molar-refractivity contribution < 1.29 is 4.74 Å². The zero-order valence-corrected chi connectivity index (χ0v) is 8.41. The van der Waals surface area contributed by atoms with Crippen LogP contribution in [0.3, 0.4) is 0 Å². The van der Waals surface area contributed by atoms with Gasteiger partial charge in [-0.1, -0.05) is 13.8 Å². The Balaban J connectivity index is 2.55. The highest BCUT2D eigenvalue weighted by Crippen LogP contribution is 1.99. The molecule has 1 heterocycles. The Kier molecular flexibility index (Phi) is 3.64. The Labute approximate surface area is 82.3 Å². The molecule has 0 aliphatic carbocycles. The lowest BCUT2D eigenvalue weighted by atomic mass is 10.2. The van der Waals surface area contributed by atoms with Crippen LogP contribution in [-0.2, 0) is 11.3 Å². The summed E-state index contributed by atoms with van der Waals surface area (Å²) in [5.41, 5.74) is 5.68. The van der Waals surface area contributed by atoms with E-state index >= 15 is 0 Å². The van der Waals surface area contributed by atoms with E-state index in [1.54, 1.807) is 0 Å². The Morgan fingerprint density at radius 2 is 2.36 bits per heavy atom. The maximum atomic E-state index is 11.0. The molecule has 5 heteroatoms. The molecular formula is C9H15N3O2. The van der Waals surface area contributed by atoms with Crippen LogP contribution < -0.4 is 11.3 Å². The van der Waals surface area contributed by atoms with E-state index in [1.165, 1.54) is 6.07 Å². The number of nitrogens with two attached hydrogens (primary N) is 1. The predicted octanol–water partition coefficient (Wildman–Crippen LogP) is 0.525. The van der Waals surface area contributed by atoms with Gasteiger partial charge in [-0.25, -0.2) is 4.98 Å². The number of hydrogen-bond acceptors (Lipinski definition) is 4. The molecule has 78 valence electrons. The molecule has 1 aromatic rings. The van der Waals surface area contributed by atoms with Crippen LogP contribution in [0.1, 0.15) is 19.5 Å². The Morgan fingerprint density at radius 3 is 2.93 bits per heavy atom. The zero-order chi connectivity index (χ0) is 10.6. The molecule has 0 saturated heterocycles. The number of anilines is 1. The molecule has 14 heavy (non-hydrogen) atoms. The molecule has 5 nitrogen and oxygen atoms in total. The lowest BCUT2D eigenvalue weighted by molar-refractivity contribution is 0.0947. The van der Waals surface area contributed by atoms with Crippen LogP contribution in [0.15, 0.2) is 10.9 Å². The average molecular weight is 197 g/mol. The minimum Gasteiger partial charge on any atom is -0.375 e. The quantitative estimate of drug-likeness (QED) is 0.737. The minimum absolute atomic E-state index is 0.126. The minimum atomic E-state index is -0.249. The third kappa shape index (κ3) is 3.57. The second-order valence-corrected chi connectivity index (χ2v) is 3.53. The summed E-state index contributed by atoms with van der Waals surface area (Å²) in [7, 11) is 0. The summed E-state index contributed by atoms with van der Waals surface area (Å²) in [5, 5.41) is 0. The molecule has 0 saturated carbocycles. The van der Waals surface area contributed by atoms with E-state index in [0.29, 0.717) is 24.8 Å². The van der Waals surface area contributed by atoms with Crippen molar-refractivity contribution in [1.82, 2.24) is 9.97 Å². The van der Waals surface area contributed by atoms with Gasteiger partial charge in [-0.15, -0.1) is 0 Å². The Hall–Kier alpha value is -1.36. The van der Waals surface area contributed by atoms with Crippen LogP contribution in [0.5, 0.6) is 0 Å². The van der Waals surface area contributed by atoms with E-state index in [9.17, 15) is 4.79 Å². The van der Waals surface area contributed by atoms with Gasteiger partial charge in [0.05, 0.1) is 12.3 Å². The van der Waals surface area contributed by atoms with Crippen molar-refractivity contribution in [3.8, 4) is 0 Å². The van der Waals surface area contributed by atoms with E-state index in [-0.39, 0.29) is 11.5 Å². The maximum Gasteiger partial charge on any atom is 0.252 e. The maximum absolute atomic E-state index is 11.0. The molecule has 1 aromatic heterocycles. The van der Waals surface area contributed by atoms with Gasteiger partial charge in [0.15, 0.2) is 0 Å². The van der Waals surface area contributed by atoms with E-state index in [4.69, 9.17) is 10.5 Å². The van der Waals surface area contributed by atoms with Gasteiger partial charge in [-0.3, -0.25) is 9.78 Å². The van der Waals surface area contributed by atoms with Gasteiger partial charge in [-0.2, -0.15) is 0 Å². The molecule has 0 aromatic carbocycles. The normalized spacial score (nSPS) is 10.8. The van der Waals surface area contributed by atoms with Gasteiger partial charge in [-0.05, 0) is 5.92 Å². The van der Waals surface area contributed by atoms with E-state index < -0.39 is 0 Å². The number of hydrogen-bond donors (Lipinski definition) is 2. The summed E-state index contributed by atoms with van der Waals surface area (Å²) < 4.78 is 5.32. The molecule has 3 N–H and O–H groups in total. The fourth-order valence-corrected chi connectivity index (χ4v) is 1.00. The highest BCUT2D eigenvalue weighted by atomic mass is 16.5. The van der Waals surface area contributed by atoms with Crippen molar-refractivity contribution in [1.29, 1.82) is 0 Å². The summed E-state index contributed by atoms with van der Waals surface area (Å²) in [6.45, 7) is 5.08. The fraction of sp³-hybridized carbons (Fsp3) is 0.556. The lowest BCUT2D eigenvalue weighted by Gasteiger charge is -2.05. The molecule has 0 radical (unpaired) electrons. The number of nitrogen functional groups attached to an aromatic ring is 1. The van der Waals surface area contributed by atoms with Crippen molar-refractivity contribution >= 4 is 5.95 Å². The zero-order valence-electron chi connectivity index (χ0n) is 8.41. The first-order valence-corrected chi connectivity index (χ1v) is 4.51. The molecular weight excluding hydrogens is 182 g/mol. The van der Waals surface area contributed by atoms with Gasteiger partial charge in [0.25, 0.3) is 5.56 Å². The van der Waals surface area contributed by atoms with E-state index in [1.807, 2.05) is 0 Å². The SMILES string of the molecule is CC(C)COCc1cc(=O)[nH]c(N)n1. The van der Waals surface area contributed by atoms with Crippen molar-refractivity contribution in [2.24, 2.45) is 5.92 Å². The molecule has 0 aliphatic heterocycles. The number of aromatic amines is 1. The van der Waals surface area contributed by atoms with Crippen LogP contribution in [0, 0.1) is 5.92 Å². The van der Waals surface area contributed by atoms with Crippen molar-refractivity contribution in [2.75, 3.05) is 12.3 Å². The van der Waals surface area contributed by atoms with Gasteiger partial charge in [0.1, 0.15) is 0 Å². The second-order valence-electron chi connectivity index (χ2n) is 3.53. The number of H-pyrrole nitrogens is 1. The molecule has 0 bridgehead atoms. The molecule has 0 atom stereocenters. The summed E-state index contributed by atoms with van der Waals surface area (Å²) in [4.78, 5) is 17.3. The molecule has 0 spiro atoms. The summed E-state index contributed by atoms with van der Waals surface area (Å²) >= 11 is 0. The first-order valence-electron chi connectivity index (χ1n) is 4.51. The van der Waals surface area contributed by atoms with Crippen molar-refractivity contribution in [2.45, 2.75) is 20.5 Å². The van der Waals surface area contributed by atoms with Crippen LogP contribution >= 0.6 is 0 Å². The van der Waals surface area contributed by atoms with Crippen LogP contribution in [0.2, 0.25) is 0 Å². The number of rotatable bonds is 4. The van der Waals surface area contributed by atoms with Crippen molar-refractivity contribution in [3.63, 3.8) is 0 Å². The summed E-state index contributed by atoms with van der Waals surface area (Å²) in [5.74, 6) is 0.593. The standard InChI is InChI=1S/C9H15N3O2/c1-6(2)4-14-5-7-3-8(13)12-9(10)11-7/h3,6H,4-5H2,1-2H3,(H3,10,11,12,13). The van der Waals surface area contributed by atoms with Crippen LogP contribution in [0.25, 0.3) is 0 Å². The topological polar surface area (TPSA) is 81.0 Å². The Bertz CT molecular complexity index is 346. The van der Waals surface area contributed by atoms with Gasteiger partial charge < -0.3 is 10.5 Å². The first-order chi connectivity index (χ1) is 6.58. The predicted molar refractivity (Wildman–Crippen MR) is 53.8 cm³/mol. The second kappa shape index (κ2) is 4.76. The average Bonchev–Trinajstić information content (AvgIpc) is 2.01. The summed E-state index contributed by atoms with van der Waals surface area (Å²) in [6, 6.07) is 1.39. The number of nitrogens with one attached hydrogen (secondary N) is 1. The molecule has 0 aliphatic rings. The lowest BCUT2D eigenvalue weighted by Crippen LogP contribution is -2.13. The molecule has 0 fully saturated rings. The number of aromatic nitrogens is 2. The molecule has 0 amide bonds. The van der Waals surface area contributed by atoms with Gasteiger partial charge >= 0.3 is 0 Å². The fourth-order valence-electron chi connectivity index (χ4n) is 1.00. The number of nitrogens with zero attached hydrogens (tertiary/aromatic N) is 1. The van der Waals surface area contributed by atoms with Crippen molar-refractivity contribution in [3.05, 3.63) is 22.1 Å². The van der Waals surface area contributed by atoms with Gasteiger partial charge in [0, 0.05) is 12.7 Å². The molecule has 0 unspecified atom stereocenters. The van der Waals surface area contributed by atoms with Crippen LogP contribution in [0.4, 0.5) is 5.95 Å². The smallest absolute Gasteiger partial charge is 0.252 e. The van der Waals surface area contributed by atoms with Gasteiger partial charge in [0.2, 0.25) is 5.95 Å². The number of ether oxygens (including phenoxy) is 1. The molecule has 1 rings (SSSR count).